The zero-order valence-electron chi connectivity index (χ0n) is 14.0. The maximum atomic E-state index is 12.2. The molecule has 2 rings (SSSR count). The van der Waals surface area contributed by atoms with E-state index in [-0.39, 0.29) is 11.4 Å². The number of nitrogens with one attached hydrogen (secondary N) is 2. The average Bonchev–Trinajstić information content (AvgIpc) is 2.84. The number of hydrogen-bond donors (Lipinski definition) is 2. The Bertz CT molecular complexity index is 665. The summed E-state index contributed by atoms with van der Waals surface area (Å²) in [5.74, 6) is -0.545. The van der Waals surface area contributed by atoms with Crippen molar-refractivity contribution in [2.45, 2.75) is 51.5 Å². The van der Waals surface area contributed by atoms with Crippen molar-refractivity contribution in [1.29, 1.82) is 5.26 Å². The first-order valence-electron chi connectivity index (χ1n) is 8.39. The molecule has 1 amide bonds. The quantitative estimate of drug-likeness (QED) is 0.375. The van der Waals surface area contributed by atoms with Gasteiger partial charge in [0.05, 0.1) is 0 Å². The van der Waals surface area contributed by atoms with Gasteiger partial charge in [-0.25, -0.2) is 0 Å². The summed E-state index contributed by atoms with van der Waals surface area (Å²) in [4.78, 5) is 23.6. The zero-order chi connectivity index (χ0) is 17.4. The van der Waals surface area contributed by atoms with Crippen molar-refractivity contribution in [3.8, 4) is 6.07 Å². The van der Waals surface area contributed by atoms with Gasteiger partial charge in [-0.15, -0.1) is 0 Å². The SMILES string of the molecule is CC(=O)c1cccc(NC(=O)/C(C#N)=C\NC2CCCCCC2)c1. The fourth-order valence-electron chi connectivity index (χ4n) is 2.81. The van der Waals surface area contributed by atoms with Crippen LogP contribution >= 0.6 is 0 Å². The molecule has 0 heterocycles. The normalized spacial score (nSPS) is 15.9. The smallest absolute Gasteiger partial charge is 0.267 e. The third-order valence-electron chi connectivity index (χ3n) is 4.21. The molecule has 126 valence electrons. The van der Waals surface area contributed by atoms with Crippen LogP contribution in [0.1, 0.15) is 55.8 Å². The van der Waals surface area contributed by atoms with E-state index in [9.17, 15) is 14.9 Å². The lowest BCUT2D eigenvalue weighted by atomic mass is 10.1. The summed E-state index contributed by atoms with van der Waals surface area (Å²) in [5.41, 5.74) is 1.06. The lowest BCUT2D eigenvalue weighted by molar-refractivity contribution is -0.112. The lowest BCUT2D eigenvalue weighted by Gasteiger charge is -2.14. The second kappa shape index (κ2) is 8.88. The van der Waals surface area contributed by atoms with Crippen LogP contribution in [-0.2, 0) is 4.79 Å². The second-order valence-corrected chi connectivity index (χ2v) is 6.12. The predicted octanol–water partition coefficient (Wildman–Crippen LogP) is 3.55. The number of amides is 1. The highest BCUT2D eigenvalue weighted by Crippen LogP contribution is 2.17. The van der Waals surface area contributed by atoms with E-state index in [4.69, 9.17) is 0 Å². The largest absolute Gasteiger partial charge is 0.387 e. The van der Waals surface area contributed by atoms with E-state index >= 15 is 0 Å². The van der Waals surface area contributed by atoms with E-state index in [0.29, 0.717) is 17.3 Å². The van der Waals surface area contributed by atoms with Gasteiger partial charge in [0.2, 0.25) is 0 Å². The van der Waals surface area contributed by atoms with Crippen LogP contribution in [0.3, 0.4) is 0 Å². The number of carbonyl (C=O) groups excluding carboxylic acids is 2. The number of benzene rings is 1. The number of carbonyl (C=O) groups is 2. The number of hydrogen-bond acceptors (Lipinski definition) is 4. The van der Waals surface area contributed by atoms with Crippen LogP contribution in [-0.4, -0.2) is 17.7 Å². The van der Waals surface area contributed by atoms with Crippen molar-refractivity contribution in [2.75, 3.05) is 5.32 Å². The standard InChI is InChI=1S/C19H23N3O2/c1-14(23)15-7-6-10-18(11-15)22-19(24)16(12-20)13-21-17-8-4-2-3-5-9-17/h6-7,10-11,13,17,21H,2-5,8-9H2,1H3,(H,22,24)/b16-13-. The minimum absolute atomic E-state index is 0.0347. The summed E-state index contributed by atoms with van der Waals surface area (Å²) < 4.78 is 0. The van der Waals surface area contributed by atoms with Crippen molar-refractivity contribution < 1.29 is 9.59 Å². The maximum absolute atomic E-state index is 12.2. The van der Waals surface area contributed by atoms with Gasteiger partial charge in [-0.2, -0.15) is 5.26 Å². The number of Topliss-reactive ketones (excluding diaryl/α,β-unsaturated/α-hetero) is 1. The second-order valence-electron chi connectivity index (χ2n) is 6.12. The third kappa shape index (κ3) is 5.24. The predicted molar refractivity (Wildman–Crippen MR) is 93.4 cm³/mol. The van der Waals surface area contributed by atoms with E-state index in [1.807, 2.05) is 6.07 Å². The molecule has 0 atom stereocenters. The maximum Gasteiger partial charge on any atom is 0.267 e. The van der Waals surface area contributed by atoms with Crippen molar-refractivity contribution in [3.63, 3.8) is 0 Å². The van der Waals surface area contributed by atoms with Crippen LogP contribution in [0.5, 0.6) is 0 Å². The summed E-state index contributed by atoms with van der Waals surface area (Å²) in [7, 11) is 0. The molecule has 1 saturated carbocycles. The Morgan fingerprint density at radius 3 is 2.54 bits per heavy atom. The van der Waals surface area contributed by atoms with Gasteiger partial charge in [-0.1, -0.05) is 37.8 Å². The Labute approximate surface area is 142 Å². The summed E-state index contributed by atoms with van der Waals surface area (Å²) >= 11 is 0. The minimum atomic E-state index is -0.473. The Morgan fingerprint density at radius 2 is 1.92 bits per heavy atom. The van der Waals surface area contributed by atoms with Crippen LogP contribution in [0.2, 0.25) is 0 Å². The number of nitriles is 1. The first kappa shape index (κ1) is 17.7. The molecule has 5 heteroatoms. The van der Waals surface area contributed by atoms with Crippen LogP contribution in [0, 0.1) is 11.3 Å². The summed E-state index contributed by atoms with van der Waals surface area (Å²) in [5, 5.41) is 15.1. The molecule has 0 unspecified atom stereocenters. The highest BCUT2D eigenvalue weighted by Gasteiger charge is 2.13. The summed E-state index contributed by atoms with van der Waals surface area (Å²) in [6.45, 7) is 1.47. The number of nitrogens with zero attached hydrogens (tertiary/aromatic N) is 1. The lowest BCUT2D eigenvalue weighted by Crippen LogP contribution is -2.25. The Hall–Kier alpha value is -2.61. The number of anilines is 1. The summed E-state index contributed by atoms with van der Waals surface area (Å²) in [6, 6.07) is 8.94. The molecule has 5 nitrogen and oxygen atoms in total. The van der Waals surface area contributed by atoms with Gasteiger partial charge in [0.1, 0.15) is 11.6 Å². The Morgan fingerprint density at radius 1 is 1.21 bits per heavy atom. The van der Waals surface area contributed by atoms with Gasteiger partial charge in [0.25, 0.3) is 5.91 Å². The van der Waals surface area contributed by atoms with Crippen LogP contribution in [0.25, 0.3) is 0 Å². The van der Waals surface area contributed by atoms with Gasteiger partial charge in [0, 0.05) is 23.5 Å². The first-order valence-corrected chi connectivity index (χ1v) is 8.39. The van der Waals surface area contributed by atoms with Crippen LogP contribution in [0.15, 0.2) is 36.0 Å². The molecule has 1 fully saturated rings. The van der Waals surface area contributed by atoms with Gasteiger partial charge in [0.15, 0.2) is 5.78 Å². The fraction of sp³-hybridized carbons (Fsp3) is 0.421. The molecule has 0 aliphatic heterocycles. The molecule has 24 heavy (non-hydrogen) atoms. The zero-order valence-corrected chi connectivity index (χ0v) is 14.0. The molecule has 1 aliphatic rings. The van der Waals surface area contributed by atoms with E-state index < -0.39 is 5.91 Å². The molecular weight excluding hydrogens is 302 g/mol. The molecular formula is C19H23N3O2. The monoisotopic (exact) mass is 325 g/mol. The number of ketones is 1. The van der Waals surface area contributed by atoms with Gasteiger partial charge >= 0.3 is 0 Å². The molecule has 0 bridgehead atoms. The van der Waals surface area contributed by atoms with E-state index in [0.717, 1.165) is 12.8 Å². The topological polar surface area (TPSA) is 82.0 Å². The molecule has 0 saturated heterocycles. The highest BCUT2D eigenvalue weighted by atomic mass is 16.1. The van der Waals surface area contributed by atoms with Crippen LogP contribution in [0.4, 0.5) is 5.69 Å². The molecule has 1 aromatic rings. The van der Waals surface area contributed by atoms with E-state index in [2.05, 4.69) is 10.6 Å². The Kier molecular flexibility index (Phi) is 6.56. The van der Waals surface area contributed by atoms with E-state index in [1.165, 1.54) is 38.8 Å². The van der Waals surface area contributed by atoms with Gasteiger partial charge < -0.3 is 10.6 Å². The van der Waals surface area contributed by atoms with Crippen molar-refractivity contribution >= 4 is 17.4 Å². The Balaban J connectivity index is 2.00. The molecule has 0 aromatic heterocycles. The van der Waals surface area contributed by atoms with Gasteiger partial charge in [-0.3, -0.25) is 9.59 Å². The molecule has 2 N–H and O–H groups in total. The van der Waals surface area contributed by atoms with Crippen LogP contribution < -0.4 is 10.6 Å². The summed E-state index contributed by atoms with van der Waals surface area (Å²) in [6.07, 6.45) is 8.50. The first-order chi connectivity index (χ1) is 11.6. The molecule has 1 aliphatic carbocycles. The molecule has 1 aromatic carbocycles. The molecule has 0 spiro atoms. The van der Waals surface area contributed by atoms with E-state index in [1.54, 1.807) is 24.3 Å². The van der Waals surface area contributed by atoms with Gasteiger partial charge in [-0.05, 0) is 31.9 Å². The average molecular weight is 325 g/mol. The van der Waals surface area contributed by atoms with Crippen molar-refractivity contribution in [1.82, 2.24) is 5.32 Å². The molecule has 0 radical (unpaired) electrons. The fourth-order valence-corrected chi connectivity index (χ4v) is 2.81. The highest BCUT2D eigenvalue weighted by molar-refractivity contribution is 6.07. The van der Waals surface area contributed by atoms with Crippen molar-refractivity contribution in [2.24, 2.45) is 0 Å². The third-order valence-corrected chi connectivity index (χ3v) is 4.21. The minimum Gasteiger partial charge on any atom is -0.387 e. The van der Waals surface area contributed by atoms with Crippen molar-refractivity contribution in [3.05, 3.63) is 41.6 Å². The number of rotatable bonds is 5.